The highest BCUT2D eigenvalue weighted by Gasteiger charge is 2.27. The minimum atomic E-state index is -3.98. The highest BCUT2D eigenvalue weighted by Crippen LogP contribution is 2.29. The van der Waals surface area contributed by atoms with Gasteiger partial charge < -0.3 is 10.1 Å². The maximum atomic E-state index is 12.8. The molecule has 0 bridgehead atoms. The van der Waals surface area contributed by atoms with E-state index in [9.17, 15) is 13.2 Å². The molecule has 2 aromatic rings. The summed E-state index contributed by atoms with van der Waals surface area (Å²) in [5, 5.41) is 3.19. The monoisotopic (exact) mass is 416 g/mol. The molecule has 9 heteroatoms. The molecule has 0 saturated carbocycles. The van der Waals surface area contributed by atoms with Crippen molar-refractivity contribution in [2.75, 3.05) is 25.5 Å². The minimum absolute atomic E-state index is 0.0973. The molecule has 6 nitrogen and oxygen atoms in total. The molecule has 0 heterocycles. The Morgan fingerprint density at radius 3 is 2.54 bits per heavy atom. The van der Waals surface area contributed by atoms with Crippen LogP contribution in [0.1, 0.15) is 6.92 Å². The predicted molar refractivity (Wildman–Crippen MR) is 103 cm³/mol. The Morgan fingerprint density at radius 1 is 1.19 bits per heavy atom. The summed E-state index contributed by atoms with van der Waals surface area (Å²) in [7, 11) is -2.68. The Labute approximate surface area is 162 Å². The van der Waals surface area contributed by atoms with Gasteiger partial charge in [-0.2, -0.15) is 4.31 Å². The van der Waals surface area contributed by atoms with Crippen LogP contribution in [-0.2, 0) is 14.8 Å². The van der Waals surface area contributed by atoms with Gasteiger partial charge in [0.05, 0.1) is 23.9 Å². The number of amides is 1. The van der Waals surface area contributed by atoms with Crippen LogP contribution >= 0.6 is 23.2 Å². The van der Waals surface area contributed by atoms with Gasteiger partial charge in [-0.25, -0.2) is 8.42 Å². The predicted octanol–water partition coefficient (Wildman–Crippen LogP) is 3.65. The number of nitrogens with zero attached hydrogens (tertiary/aromatic N) is 1. The van der Waals surface area contributed by atoms with Crippen molar-refractivity contribution in [2.45, 2.75) is 11.8 Å². The second kappa shape index (κ2) is 8.73. The summed E-state index contributed by atoms with van der Waals surface area (Å²) >= 11 is 11.9. The first kappa shape index (κ1) is 20.5. The van der Waals surface area contributed by atoms with Crippen molar-refractivity contribution >= 4 is 44.8 Å². The van der Waals surface area contributed by atoms with E-state index in [-0.39, 0.29) is 15.7 Å². The van der Waals surface area contributed by atoms with Gasteiger partial charge in [0, 0.05) is 12.1 Å². The molecule has 1 N–H and O–H groups in total. The second-order valence-electron chi connectivity index (χ2n) is 5.31. The minimum Gasteiger partial charge on any atom is -0.492 e. The van der Waals surface area contributed by atoms with Gasteiger partial charge >= 0.3 is 0 Å². The lowest BCUT2D eigenvalue weighted by atomic mass is 10.3. The van der Waals surface area contributed by atoms with E-state index >= 15 is 0 Å². The van der Waals surface area contributed by atoms with Crippen molar-refractivity contribution in [1.82, 2.24) is 4.31 Å². The first-order chi connectivity index (χ1) is 12.3. The Bertz CT molecular complexity index is 903. The van der Waals surface area contributed by atoms with Gasteiger partial charge in [0.2, 0.25) is 15.9 Å². The van der Waals surface area contributed by atoms with Gasteiger partial charge in [-0.15, -0.1) is 0 Å². The molecule has 0 aliphatic heterocycles. The van der Waals surface area contributed by atoms with Crippen LogP contribution in [-0.4, -0.2) is 38.8 Å². The molecule has 26 heavy (non-hydrogen) atoms. The lowest BCUT2D eigenvalue weighted by Gasteiger charge is -2.19. The highest BCUT2D eigenvalue weighted by molar-refractivity contribution is 7.89. The molecular weight excluding hydrogens is 399 g/mol. The topological polar surface area (TPSA) is 75.7 Å². The van der Waals surface area contributed by atoms with Crippen LogP contribution < -0.4 is 10.1 Å². The first-order valence-electron chi connectivity index (χ1n) is 7.68. The molecule has 1 amide bonds. The summed E-state index contributed by atoms with van der Waals surface area (Å²) in [6, 6.07) is 11.0. The number of nitrogens with one attached hydrogen (secondary N) is 1. The number of halogens is 2. The van der Waals surface area contributed by atoms with Gasteiger partial charge in [-0.05, 0) is 37.3 Å². The molecule has 140 valence electrons. The number of hydrogen-bond acceptors (Lipinski definition) is 4. The summed E-state index contributed by atoms with van der Waals surface area (Å²) in [6.07, 6.45) is 0. The molecule has 0 aliphatic rings. The average molecular weight is 417 g/mol. The quantitative estimate of drug-likeness (QED) is 0.746. The number of sulfonamides is 1. The van der Waals surface area contributed by atoms with Crippen molar-refractivity contribution in [3.63, 3.8) is 0 Å². The smallest absolute Gasteiger partial charge is 0.247 e. The van der Waals surface area contributed by atoms with Gasteiger partial charge in [0.25, 0.3) is 0 Å². The molecule has 0 radical (unpaired) electrons. The summed E-state index contributed by atoms with van der Waals surface area (Å²) in [5.41, 5.74) is 0.405. The largest absolute Gasteiger partial charge is 0.492 e. The van der Waals surface area contributed by atoms with Gasteiger partial charge in [0.15, 0.2) is 0 Å². The normalized spacial score (nSPS) is 11.4. The Hall–Kier alpha value is -1.80. The summed E-state index contributed by atoms with van der Waals surface area (Å²) in [6.45, 7) is 1.64. The summed E-state index contributed by atoms with van der Waals surface area (Å²) in [5.74, 6) is -0.348. The Kier molecular flexibility index (Phi) is 6.88. The van der Waals surface area contributed by atoms with Gasteiger partial charge in [-0.3, -0.25) is 4.79 Å². The summed E-state index contributed by atoms with van der Waals surface area (Å²) in [4.78, 5) is 12.1. The first-order valence-corrected chi connectivity index (χ1v) is 9.88. The van der Waals surface area contributed by atoms with Crippen molar-refractivity contribution < 1.29 is 17.9 Å². The number of carbonyl (C=O) groups excluding carboxylic acids is 1. The highest BCUT2D eigenvalue weighted by atomic mass is 35.5. The standard InChI is InChI=1S/C17H18Cl2N2O4S/c1-3-25-15-9-8-12(18)10-16(15)26(23,24)21(2)11-17(22)20-14-7-5-4-6-13(14)19/h4-10H,3,11H2,1-2H3,(H,20,22). The maximum absolute atomic E-state index is 12.8. The van der Waals surface area contributed by atoms with E-state index in [4.69, 9.17) is 27.9 Å². The van der Waals surface area contributed by atoms with Crippen LogP contribution in [0.4, 0.5) is 5.69 Å². The molecule has 0 atom stereocenters. The zero-order valence-corrected chi connectivity index (χ0v) is 16.5. The number of rotatable bonds is 7. The van der Waals surface area contributed by atoms with E-state index < -0.39 is 22.5 Å². The van der Waals surface area contributed by atoms with E-state index in [1.165, 1.54) is 25.2 Å². The van der Waals surface area contributed by atoms with Crippen LogP contribution in [0.25, 0.3) is 0 Å². The number of carbonyl (C=O) groups is 1. The molecule has 0 spiro atoms. The van der Waals surface area contributed by atoms with E-state index in [0.717, 1.165) is 4.31 Å². The molecular formula is C17H18Cl2N2O4S. The van der Waals surface area contributed by atoms with Crippen LogP contribution in [0, 0.1) is 0 Å². The van der Waals surface area contributed by atoms with Crippen LogP contribution in [0.15, 0.2) is 47.4 Å². The van der Waals surface area contributed by atoms with Crippen LogP contribution in [0.5, 0.6) is 5.75 Å². The fourth-order valence-electron chi connectivity index (χ4n) is 2.17. The van der Waals surface area contributed by atoms with Gasteiger partial charge in [0.1, 0.15) is 10.6 Å². The van der Waals surface area contributed by atoms with Crippen molar-refractivity contribution in [3.05, 3.63) is 52.5 Å². The maximum Gasteiger partial charge on any atom is 0.247 e. The van der Waals surface area contributed by atoms with Crippen molar-refractivity contribution in [1.29, 1.82) is 0 Å². The fraction of sp³-hybridized carbons (Fsp3) is 0.235. The Balaban J connectivity index is 2.20. The lowest BCUT2D eigenvalue weighted by molar-refractivity contribution is -0.116. The molecule has 0 aromatic heterocycles. The summed E-state index contributed by atoms with van der Waals surface area (Å²) < 4.78 is 31.9. The third kappa shape index (κ3) is 4.88. The SMILES string of the molecule is CCOc1ccc(Cl)cc1S(=O)(=O)N(C)CC(=O)Nc1ccccc1Cl. The van der Waals surface area contributed by atoms with Crippen molar-refractivity contribution in [3.8, 4) is 5.75 Å². The number of hydrogen-bond donors (Lipinski definition) is 1. The lowest BCUT2D eigenvalue weighted by Crippen LogP contribution is -2.35. The van der Waals surface area contributed by atoms with E-state index in [0.29, 0.717) is 17.3 Å². The molecule has 2 aromatic carbocycles. The molecule has 0 unspecified atom stereocenters. The fourth-order valence-corrected chi connectivity index (χ4v) is 3.87. The van der Waals surface area contributed by atoms with E-state index in [2.05, 4.69) is 5.32 Å². The average Bonchev–Trinajstić information content (AvgIpc) is 2.58. The number of benzene rings is 2. The number of para-hydroxylation sites is 1. The molecule has 2 rings (SSSR count). The number of likely N-dealkylation sites (N-methyl/N-ethyl adjacent to an activating group) is 1. The Morgan fingerprint density at radius 2 is 1.88 bits per heavy atom. The van der Waals surface area contributed by atoms with E-state index in [1.54, 1.807) is 31.2 Å². The zero-order chi connectivity index (χ0) is 19.3. The zero-order valence-electron chi connectivity index (χ0n) is 14.2. The third-order valence-electron chi connectivity index (χ3n) is 3.41. The third-order valence-corrected chi connectivity index (χ3v) is 5.80. The van der Waals surface area contributed by atoms with Crippen molar-refractivity contribution in [2.24, 2.45) is 0 Å². The second-order valence-corrected chi connectivity index (χ2v) is 8.17. The number of anilines is 1. The molecule has 0 fully saturated rings. The van der Waals surface area contributed by atoms with Gasteiger partial charge in [-0.1, -0.05) is 35.3 Å². The molecule has 0 saturated heterocycles. The number of ether oxygens (including phenoxy) is 1. The molecule has 0 aliphatic carbocycles. The van der Waals surface area contributed by atoms with Crippen LogP contribution in [0.2, 0.25) is 10.0 Å². The van der Waals surface area contributed by atoms with Crippen LogP contribution in [0.3, 0.4) is 0 Å². The van der Waals surface area contributed by atoms with E-state index in [1.807, 2.05) is 0 Å².